The Morgan fingerprint density at radius 2 is 2.46 bits per heavy atom. The van der Waals surface area contributed by atoms with Crippen molar-refractivity contribution in [2.75, 3.05) is 26.2 Å². The maximum Gasteiger partial charge on any atom is 0.127 e. The first kappa shape index (κ1) is 9.46. The Bertz CT molecular complexity index is 220. The highest BCUT2D eigenvalue weighted by Gasteiger charge is 2.40. The van der Waals surface area contributed by atoms with Crippen LogP contribution in [0.3, 0.4) is 0 Å². The van der Waals surface area contributed by atoms with E-state index in [4.69, 9.17) is 4.84 Å². The molecule has 2 saturated heterocycles. The first-order chi connectivity index (χ1) is 6.31. The average molecular weight is 247 g/mol. The highest BCUT2D eigenvalue weighted by Crippen LogP contribution is 2.35. The number of oxime groups is 1. The molecule has 0 radical (unpaired) electrons. The van der Waals surface area contributed by atoms with E-state index in [1.54, 1.807) is 0 Å². The number of fused-ring (bicyclic) bond motifs is 2. The van der Waals surface area contributed by atoms with E-state index in [1.807, 2.05) is 6.92 Å². The molecule has 3 nitrogen and oxygen atoms in total. The molecule has 2 aliphatic rings. The van der Waals surface area contributed by atoms with Crippen molar-refractivity contribution in [2.24, 2.45) is 17.0 Å². The molecule has 0 aromatic carbocycles. The fourth-order valence-electron chi connectivity index (χ4n) is 2.25. The van der Waals surface area contributed by atoms with E-state index >= 15 is 0 Å². The summed E-state index contributed by atoms with van der Waals surface area (Å²) in [6, 6.07) is 0. The SMILES string of the molecule is CCON=C(Br)C1CN2CCC1C2. The van der Waals surface area contributed by atoms with Crippen molar-refractivity contribution < 1.29 is 4.84 Å². The molecule has 0 aromatic heterocycles. The van der Waals surface area contributed by atoms with Crippen LogP contribution >= 0.6 is 15.9 Å². The van der Waals surface area contributed by atoms with E-state index < -0.39 is 0 Å². The molecular weight excluding hydrogens is 232 g/mol. The zero-order chi connectivity index (χ0) is 9.26. The molecule has 13 heavy (non-hydrogen) atoms. The summed E-state index contributed by atoms with van der Waals surface area (Å²) in [7, 11) is 0. The molecule has 2 aliphatic heterocycles. The second-order valence-electron chi connectivity index (χ2n) is 3.75. The molecule has 3 unspecified atom stereocenters. The van der Waals surface area contributed by atoms with Crippen LogP contribution in [0.4, 0.5) is 0 Å². The van der Waals surface area contributed by atoms with Crippen LogP contribution in [0, 0.1) is 11.8 Å². The minimum atomic E-state index is 0.584. The lowest BCUT2D eigenvalue weighted by Crippen LogP contribution is -2.27. The molecule has 0 N–H and O–H groups in total. The molecule has 0 amide bonds. The van der Waals surface area contributed by atoms with E-state index in [2.05, 4.69) is 26.0 Å². The molecule has 4 heteroatoms. The molecule has 0 saturated carbocycles. The fourth-order valence-corrected chi connectivity index (χ4v) is 2.87. The standard InChI is InChI=1S/C9H15BrN2O/c1-2-13-11-9(10)8-6-12-4-3-7(8)5-12/h7-8H,2-6H2,1H3. The van der Waals surface area contributed by atoms with Crippen molar-refractivity contribution in [3.05, 3.63) is 0 Å². The molecule has 2 fully saturated rings. The van der Waals surface area contributed by atoms with Gasteiger partial charge in [0.1, 0.15) is 11.2 Å². The predicted octanol–water partition coefficient (Wildman–Crippen LogP) is 1.68. The first-order valence-electron chi connectivity index (χ1n) is 4.89. The number of nitrogens with zero attached hydrogens (tertiary/aromatic N) is 2. The number of halogens is 1. The topological polar surface area (TPSA) is 24.8 Å². The Hall–Kier alpha value is -0.0900. The van der Waals surface area contributed by atoms with Crippen LogP contribution in [-0.4, -0.2) is 35.8 Å². The van der Waals surface area contributed by atoms with Crippen molar-refractivity contribution >= 4 is 20.6 Å². The monoisotopic (exact) mass is 246 g/mol. The molecule has 2 bridgehead atoms. The number of rotatable bonds is 3. The summed E-state index contributed by atoms with van der Waals surface area (Å²) in [5.41, 5.74) is 0. The van der Waals surface area contributed by atoms with Crippen LogP contribution in [0.1, 0.15) is 13.3 Å². The minimum absolute atomic E-state index is 0.584. The van der Waals surface area contributed by atoms with Gasteiger partial charge < -0.3 is 9.74 Å². The maximum absolute atomic E-state index is 5.04. The summed E-state index contributed by atoms with van der Waals surface area (Å²) in [4.78, 5) is 7.54. The van der Waals surface area contributed by atoms with Crippen LogP contribution in [0.5, 0.6) is 0 Å². The van der Waals surface area contributed by atoms with Gasteiger partial charge >= 0.3 is 0 Å². The third-order valence-corrected chi connectivity index (χ3v) is 3.65. The summed E-state index contributed by atoms with van der Waals surface area (Å²) in [6.07, 6.45) is 1.32. The Kier molecular flexibility index (Phi) is 2.89. The summed E-state index contributed by atoms with van der Waals surface area (Å²) in [5, 5.41) is 4.05. The summed E-state index contributed by atoms with van der Waals surface area (Å²) in [5.74, 6) is 1.39. The van der Waals surface area contributed by atoms with Gasteiger partial charge in [0.15, 0.2) is 0 Å². The summed E-state index contributed by atoms with van der Waals surface area (Å²) >= 11 is 3.51. The second kappa shape index (κ2) is 3.96. The Morgan fingerprint density at radius 3 is 3.00 bits per heavy atom. The first-order valence-corrected chi connectivity index (χ1v) is 5.68. The van der Waals surface area contributed by atoms with Crippen molar-refractivity contribution in [1.82, 2.24) is 4.90 Å². The van der Waals surface area contributed by atoms with Gasteiger partial charge in [-0.25, -0.2) is 0 Å². The maximum atomic E-state index is 5.04. The molecule has 2 rings (SSSR count). The lowest BCUT2D eigenvalue weighted by molar-refractivity contribution is 0.157. The van der Waals surface area contributed by atoms with Crippen molar-refractivity contribution in [3.63, 3.8) is 0 Å². The quantitative estimate of drug-likeness (QED) is 0.560. The van der Waals surface area contributed by atoms with Gasteiger partial charge in [0, 0.05) is 19.0 Å². The zero-order valence-corrected chi connectivity index (χ0v) is 9.46. The number of hydrogen-bond acceptors (Lipinski definition) is 3. The molecular formula is C9H15BrN2O. The van der Waals surface area contributed by atoms with Gasteiger partial charge in [0.25, 0.3) is 0 Å². The van der Waals surface area contributed by atoms with Crippen LogP contribution in [0.15, 0.2) is 5.16 Å². The van der Waals surface area contributed by atoms with Gasteiger partial charge in [-0.15, -0.1) is 0 Å². The minimum Gasteiger partial charge on any atom is -0.395 e. The molecule has 2 heterocycles. The number of piperidine rings is 1. The van der Waals surface area contributed by atoms with Crippen LogP contribution in [0.25, 0.3) is 0 Å². The van der Waals surface area contributed by atoms with Gasteiger partial charge in [0.2, 0.25) is 0 Å². The predicted molar refractivity (Wildman–Crippen MR) is 56.0 cm³/mol. The Balaban J connectivity index is 1.94. The lowest BCUT2D eigenvalue weighted by Gasteiger charge is -2.20. The molecule has 0 aliphatic carbocycles. The molecule has 0 spiro atoms. The van der Waals surface area contributed by atoms with E-state index in [9.17, 15) is 0 Å². The second-order valence-corrected chi connectivity index (χ2v) is 4.56. The van der Waals surface area contributed by atoms with Crippen molar-refractivity contribution in [3.8, 4) is 0 Å². The lowest BCUT2D eigenvalue weighted by atomic mass is 9.94. The van der Waals surface area contributed by atoms with Gasteiger partial charge in [-0.2, -0.15) is 0 Å². The van der Waals surface area contributed by atoms with Crippen LogP contribution in [0.2, 0.25) is 0 Å². The smallest absolute Gasteiger partial charge is 0.127 e. The van der Waals surface area contributed by atoms with Crippen molar-refractivity contribution in [2.45, 2.75) is 13.3 Å². The van der Waals surface area contributed by atoms with E-state index in [0.717, 1.165) is 17.1 Å². The van der Waals surface area contributed by atoms with Crippen LogP contribution in [-0.2, 0) is 4.84 Å². The third kappa shape index (κ3) is 1.89. The summed E-state index contributed by atoms with van der Waals surface area (Å²) < 4.78 is 1.00. The third-order valence-electron chi connectivity index (χ3n) is 2.92. The largest absolute Gasteiger partial charge is 0.395 e. The average Bonchev–Trinajstić information content (AvgIpc) is 2.74. The highest BCUT2D eigenvalue weighted by atomic mass is 79.9. The van der Waals surface area contributed by atoms with E-state index in [1.165, 1.54) is 19.5 Å². The summed E-state index contributed by atoms with van der Waals surface area (Å²) in [6.45, 7) is 6.28. The Morgan fingerprint density at radius 1 is 1.62 bits per heavy atom. The molecule has 0 aromatic rings. The Labute approximate surface area is 87.2 Å². The van der Waals surface area contributed by atoms with Crippen molar-refractivity contribution in [1.29, 1.82) is 0 Å². The number of hydrogen-bond donors (Lipinski definition) is 0. The molecule has 74 valence electrons. The highest BCUT2D eigenvalue weighted by molar-refractivity contribution is 9.18. The van der Waals surface area contributed by atoms with Gasteiger partial charge in [-0.1, -0.05) is 5.16 Å². The van der Waals surface area contributed by atoms with Gasteiger partial charge in [-0.3, -0.25) is 0 Å². The van der Waals surface area contributed by atoms with Gasteiger partial charge in [-0.05, 0) is 41.7 Å². The van der Waals surface area contributed by atoms with E-state index in [0.29, 0.717) is 12.5 Å². The van der Waals surface area contributed by atoms with E-state index in [-0.39, 0.29) is 0 Å². The molecule has 3 atom stereocenters. The van der Waals surface area contributed by atoms with Crippen LogP contribution < -0.4 is 0 Å². The van der Waals surface area contributed by atoms with Gasteiger partial charge in [0.05, 0.1) is 0 Å². The fraction of sp³-hybridized carbons (Fsp3) is 0.889. The normalized spacial score (nSPS) is 38.3. The zero-order valence-electron chi connectivity index (χ0n) is 7.87.